The summed E-state index contributed by atoms with van der Waals surface area (Å²) in [5.41, 5.74) is 3.16. The minimum atomic E-state index is 0.176. The van der Waals surface area contributed by atoms with Gasteiger partial charge in [0.05, 0.1) is 6.10 Å². The molecule has 0 spiro atoms. The van der Waals surface area contributed by atoms with Crippen molar-refractivity contribution in [3.8, 4) is 0 Å². The Kier molecular flexibility index (Phi) is 6.55. The third-order valence-electron chi connectivity index (χ3n) is 12.3. The molecule has 2 heteroatoms. The number of carbonyl (C=O) groups is 1. The molecule has 2 nitrogen and oxygen atoms in total. The minimum absolute atomic E-state index is 0.176. The molecule has 0 saturated heterocycles. The van der Waals surface area contributed by atoms with Gasteiger partial charge in [0.1, 0.15) is 5.78 Å². The first-order valence-corrected chi connectivity index (χ1v) is 14.1. The van der Waals surface area contributed by atoms with E-state index in [1.54, 1.807) is 0 Å². The van der Waals surface area contributed by atoms with Crippen LogP contribution in [0.2, 0.25) is 0 Å². The molecule has 8 unspecified atom stereocenters. The molecule has 4 aliphatic rings. The average molecular weight is 457 g/mol. The molecule has 0 N–H and O–H groups in total. The van der Waals surface area contributed by atoms with E-state index in [4.69, 9.17) is 4.74 Å². The second-order valence-corrected chi connectivity index (χ2v) is 14.2. The fraction of sp³-hybridized carbons (Fsp3) is 0.903. The van der Waals surface area contributed by atoms with Gasteiger partial charge >= 0.3 is 0 Å². The number of fused-ring (bicyclic) bond motifs is 5. The van der Waals surface area contributed by atoms with Gasteiger partial charge < -0.3 is 4.74 Å². The van der Waals surface area contributed by atoms with E-state index in [-0.39, 0.29) is 11.3 Å². The van der Waals surface area contributed by atoms with Gasteiger partial charge in [-0.2, -0.15) is 0 Å². The summed E-state index contributed by atoms with van der Waals surface area (Å²) in [7, 11) is 1.92. The molecule has 4 aliphatic carbocycles. The van der Waals surface area contributed by atoms with Crippen LogP contribution < -0.4 is 0 Å². The fourth-order valence-corrected chi connectivity index (χ4v) is 9.94. The van der Waals surface area contributed by atoms with Gasteiger partial charge in [-0.1, -0.05) is 67.0 Å². The predicted molar refractivity (Wildman–Crippen MR) is 138 cm³/mol. The summed E-state index contributed by atoms with van der Waals surface area (Å²) in [5, 5.41) is 0. The second-order valence-electron chi connectivity index (χ2n) is 14.2. The lowest BCUT2D eigenvalue weighted by Crippen LogP contribution is -2.58. The number of rotatable bonds is 6. The topological polar surface area (TPSA) is 26.3 Å². The van der Waals surface area contributed by atoms with Crippen LogP contribution in [0.1, 0.15) is 113 Å². The van der Waals surface area contributed by atoms with Gasteiger partial charge in [-0.25, -0.2) is 0 Å². The Labute approximate surface area is 204 Å². The zero-order valence-electron chi connectivity index (χ0n) is 23.2. The Morgan fingerprint density at radius 1 is 1.00 bits per heavy atom. The summed E-state index contributed by atoms with van der Waals surface area (Å²) in [6.07, 6.45) is 14.1. The molecule has 0 amide bonds. The summed E-state index contributed by atoms with van der Waals surface area (Å²) < 4.78 is 5.99. The first kappa shape index (κ1) is 25.5. The standard InChI is InChI=1S/C31H52O2/c1-20(2)25(32)12-10-21(3)22-14-18-31(8)24-11-13-26-28(4,5)27(33-9)16-17-29(26,6)23(24)15-19-30(22,31)7/h15,20-22,24,26-27H,10-14,16-19H2,1-9H3. The zero-order chi connectivity index (χ0) is 24.4. The van der Waals surface area contributed by atoms with Crippen LogP contribution in [0.25, 0.3) is 0 Å². The van der Waals surface area contributed by atoms with Gasteiger partial charge in [-0.05, 0) is 96.7 Å². The van der Waals surface area contributed by atoms with Gasteiger partial charge in [0.15, 0.2) is 0 Å². The average Bonchev–Trinajstić information content (AvgIpc) is 3.03. The van der Waals surface area contributed by atoms with Crippen LogP contribution in [-0.4, -0.2) is 19.0 Å². The molecule has 4 rings (SSSR count). The van der Waals surface area contributed by atoms with E-state index < -0.39 is 0 Å². The highest BCUT2D eigenvalue weighted by molar-refractivity contribution is 5.80. The highest BCUT2D eigenvalue weighted by Gasteiger charge is 2.65. The van der Waals surface area contributed by atoms with Crippen LogP contribution in [-0.2, 0) is 9.53 Å². The number of ketones is 1. The van der Waals surface area contributed by atoms with Gasteiger partial charge in [0.2, 0.25) is 0 Å². The van der Waals surface area contributed by atoms with Crippen LogP contribution >= 0.6 is 0 Å². The van der Waals surface area contributed by atoms with Crippen molar-refractivity contribution in [3.63, 3.8) is 0 Å². The van der Waals surface area contributed by atoms with E-state index >= 15 is 0 Å². The van der Waals surface area contributed by atoms with Crippen molar-refractivity contribution in [2.75, 3.05) is 7.11 Å². The molecule has 33 heavy (non-hydrogen) atoms. The molecular weight excluding hydrogens is 404 g/mol. The van der Waals surface area contributed by atoms with E-state index in [0.29, 0.717) is 34.1 Å². The third kappa shape index (κ3) is 3.63. The molecule has 0 aliphatic heterocycles. The van der Waals surface area contributed by atoms with E-state index in [2.05, 4.69) is 47.6 Å². The second kappa shape index (κ2) is 8.49. The first-order chi connectivity index (χ1) is 15.3. The maximum atomic E-state index is 12.3. The molecule has 0 bridgehead atoms. The maximum Gasteiger partial charge on any atom is 0.135 e. The van der Waals surface area contributed by atoms with Crippen molar-refractivity contribution in [2.24, 2.45) is 51.2 Å². The Hall–Kier alpha value is -0.630. The Morgan fingerprint density at radius 3 is 2.33 bits per heavy atom. The van der Waals surface area contributed by atoms with Crippen molar-refractivity contribution in [1.29, 1.82) is 0 Å². The molecule has 0 aromatic carbocycles. The number of Topliss-reactive ketones (excluding diaryl/α,β-unsaturated/α-hetero) is 1. The molecule has 3 fully saturated rings. The van der Waals surface area contributed by atoms with Crippen molar-refractivity contribution in [1.82, 2.24) is 0 Å². The molecule has 0 aromatic rings. The van der Waals surface area contributed by atoms with Crippen LogP contribution in [0.3, 0.4) is 0 Å². The lowest BCUT2D eigenvalue weighted by molar-refractivity contribution is -0.130. The summed E-state index contributed by atoms with van der Waals surface area (Å²) in [5.74, 6) is 3.46. The highest BCUT2D eigenvalue weighted by Crippen LogP contribution is 2.73. The van der Waals surface area contributed by atoms with Crippen LogP contribution in [0.15, 0.2) is 11.6 Å². The Bertz CT molecular complexity index is 793. The summed E-state index contributed by atoms with van der Waals surface area (Å²) in [6, 6.07) is 0. The van der Waals surface area contributed by atoms with Gasteiger partial charge in [-0.3, -0.25) is 4.79 Å². The number of hydrogen-bond donors (Lipinski definition) is 0. The number of hydrogen-bond acceptors (Lipinski definition) is 2. The SMILES string of the molecule is COC1CCC2(C)C3=CCC4(C)C(C(C)CCC(=O)C(C)C)CCC4(C)C3CCC2C1(C)C. The maximum absolute atomic E-state index is 12.3. The number of allylic oxidation sites excluding steroid dienone is 2. The molecule has 0 radical (unpaired) electrons. The summed E-state index contributed by atoms with van der Waals surface area (Å²) in [4.78, 5) is 12.3. The lowest BCUT2D eigenvalue weighted by Gasteiger charge is -2.64. The monoisotopic (exact) mass is 456 g/mol. The smallest absolute Gasteiger partial charge is 0.135 e. The number of carbonyl (C=O) groups excluding carboxylic acids is 1. The van der Waals surface area contributed by atoms with Gasteiger partial charge in [0.25, 0.3) is 0 Å². The molecular formula is C31H52O2. The predicted octanol–water partition coefficient (Wildman–Crippen LogP) is 8.25. The summed E-state index contributed by atoms with van der Waals surface area (Å²) >= 11 is 0. The molecule has 0 aromatic heterocycles. The zero-order valence-corrected chi connectivity index (χ0v) is 23.2. The molecule has 188 valence electrons. The van der Waals surface area contributed by atoms with Crippen LogP contribution in [0.4, 0.5) is 0 Å². The fourth-order valence-electron chi connectivity index (χ4n) is 9.94. The van der Waals surface area contributed by atoms with Crippen molar-refractivity contribution in [2.45, 2.75) is 119 Å². The lowest BCUT2D eigenvalue weighted by atomic mass is 9.41. The van der Waals surface area contributed by atoms with E-state index in [9.17, 15) is 4.79 Å². The minimum Gasteiger partial charge on any atom is -0.381 e. The number of ether oxygens (including phenoxy) is 1. The normalized spacial score (nSPS) is 45.1. The molecule has 0 heterocycles. The van der Waals surface area contributed by atoms with E-state index in [0.717, 1.165) is 30.6 Å². The largest absolute Gasteiger partial charge is 0.381 e. The molecule has 3 saturated carbocycles. The Morgan fingerprint density at radius 2 is 1.70 bits per heavy atom. The van der Waals surface area contributed by atoms with Crippen molar-refractivity contribution in [3.05, 3.63) is 11.6 Å². The van der Waals surface area contributed by atoms with Crippen molar-refractivity contribution >= 4 is 5.78 Å². The number of methoxy groups -OCH3 is 1. The van der Waals surface area contributed by atoms with Gasteiger partial charge in [0, 0.05) is 19.4 Å². The quantitative estimate of drug-likeness (QED) is 0.376. The van der Waals surface area contributed by atoms with E-state index in [1.807, 2.05) is 26.5 Å². The van der Waals surface area contributed by atoms with Gasteiger partial charge in [-0.15, -0.1) is 0 Å². The Balaban J connectivity index is 1.60. The summed E-state index contributed by atoms with van der Waals surface area (Å²) in [6.45, 7) is 19.4. The van der Waals surface area contributed by atoms with E-state index in [1.165, 1.54) is 44.9 Å². The first-order valence-electron chi connectivity index (χ1n) is 14.1. The van der Waals surface area contributed by atoms with Crippen LogP contribution in [0.5, 0.6) is 0 Å². The molecule has 8 atom stereocenters. The van der Waals surface area contributed by atoms with Crippen molar-refractivity contribution < 1.29 is 9.53 Å². The third-order valence-corrected chi connectivity index (χ3v) is 12.3. The highest BCUT2D eigenvalue weighted by atomic mass is 16.5. The van der Waals surface area contributed by atoms with Crippen LogP contribution in [0, 0.1) is 51.2 Å².